The van der Waals surface area contributed by atoms with E-state index < -0.39 is 0 Å². The number of nitrogens with two attached hydrogens (primary N) is 1. The number of nitrogens with one attached hydrogen (secondary N) is 1. The van der Waals surface area contributed by atoms with Crippen LogP contribution in [0.2, 0.25) is 0 Å². The van der Waals surface area contributed by atoms with Crippen LogP contribution in [0.15, 0.2) is 48.5 Å². The summed E-state index contributed by atoms with van der Waals surface area (Å²) in [7, 11) is 0. The lowest BCUT2D eigenvalue weighted by Crippen LogP contribution is -2.26. The highest BCUT2D eigenvalue weighted by Crippen LogP contribution is 2.19. The van der Waals surface area contributed by atoms with Gasteiger partial charge in [0.25, 0.3) is 5.91 Å². The van der Waals surface area contributed by atoms with Crippen molar-refractivity contribution in [2.24, 2.45) is 5.73 Å². The fourth-order valence-corrected chi connectivity index (χ4v) is 2.33. The molecule has 3 heteroatoms. The van der Waals surface area contributed by atoms with E-state index in [4.69, 9.17) is 5.73 Å². The molecule has 1 amide bonds. The smallest absolute Gasteiger partial charge is 0.251 e. The molecule has 0 aliphatic heterocycles. The zero-order chi connectivity index (χ0) is 16.1. The second-order valence-corrected chi connectivity index (χ2v) is 5.92. The molecule has 2 rings (SSSR count). The van der Waals surface area contributed by atoms with Gasteiger partial charge in [-0.05, 0) is 41.7 Å². The molecule has 3 N–H and O–H groups in total. The van der Waals surface area contributed by atoms with Crippen LogP contribution in [0.25, 0.3) is 0 Å². The molecule has 0 spiro atoms. The van der Waals surface area contributed by atoms with Gasteiger partial charge in [0.15, 0.2) is 0 Å². The summed E-state index contributed by atoms with van der Waals surface area (Å²) >= 11 is 0. The number of hydrogen-bond donors (Lipinski definition) is 2. The van der Waals surface area contributed by atoms with Crippen LogP contribution >= 0.6 is 0 Å². The average Bonchev–Trinajstić information content (AvgIpc) is 2.54. The predicted octanol–water partition coefficient (Wildman–Crippen LogP) is 3.76. The third-order valence-electron chi connectivity index (χ3n) is 3.90. The molecule has 3 nitrogen and oxygen atoms in total. The highest BCUT2D eigenvalue weighted by molar-refractivity contribution is 5.94. The first-order valence-electron chi connectivity index (χ1n) is 7.71. The summed E-state index contributed by atoms with van der Waals surface area (Å²) < 4.78 is 0. The van der Waals surface area contributed by atoms with Crippen molar-refractivity contribution in [3.63, 3.8) is 0 Å². The molecule has 0 fully saturated rings. The van der Waals surface area contributed by atoms with Crippen molar-refractivity contribution in [3.05, 3.63) is 70.8 Å². The molecule has 0 aliphatic carbocycles. The van der Waals surface area contributed by atoms with E-state index in [9.17, 15) is 4.79 Å². The summed E-state index contributed by atoms with van der Waals surface area (Å²) in [6.07, 6.45) is 0. The Morgan fingerprint density at radius 2 is 1.50 bits per heavy atom. The molecule has 1 unspecified atom stereocenters. The third kappa shape index (κ3) is 3.95. The Hall–Kier alpha value is -2.13. The lowest BCUT2D eigenvalue weighted by molar-refractivity contribution is 0.0940. The Balaban J connectivity index is 2.03. The van der Waals surface area contributed by atoms with Gasteiger partial charge in [-0.25, -0.2) is 0 Å². The second kappa shape index (κ2) is 7.23. The van der Waals surface area contributed by atoms with E-state index in [1.54, 1.807) is 0 Å². The summed E-state index contributed by atoms with van der Waals surface area (Å²) in [4.78, 5) is 12.3. The zero-order valence-electron chi connectivity index (χ0n) is 13.5. The number of carbonyl (C=O) groups excluding carboxylic acids is 1. The van der Waals surface area contributed by atoms with Gasteiger partial charge in [0.05, 0.1) is 6.04 Å². The van der Waals surface area contributed by atoms with Gasteiger partial charge >= 0.3 is 0 Å². The highest BCUT2D eigenvalue weighted by Gasteiger charge is 2.11. The van der Waals surface area contributed by atoms with Crippen LogP contribution in [0.3, 0.4) is 0 Å². The molecule has 2 aromatic carbocycles. The van der Waals surface area contributed by atoms with Gasteiger partial charge in [-0.1, -0.05) is 50.2 Å². The van der Waals surface area contributed by atoms with Gasteiger partial charge in [0.2, 0.25) is 0 Å². The van der Waals surface area contributed by atoms with E-state index >= 15 is 0 Å². The summed E-state index contributed by atoms with van der Waals surface area (Å²) in [5.74, 6) is 0.448. The SMILES string of the molecule is CC(C)c1ccc(C(C)NC(=O)c2ccc(CN)cc2)cc1. The third-order valence-corrected chi connectivity index (χ3v) is 3.90. The predicted molar refractivity (Wildman–Crippen MR) is 90.7 cm³/mol. The first-order chi connectivity index (χ1) is 10.5. The minimum absolute atomic E-state index is 0.0251. The van der Waals surface area contributed by atoms with Crippen LogP contribution in [0.4, 0.5) is 0 Å². The quantitative estimate of drug-likeness (QED) is 0.882. The van der Waals surface area contributed by atoms with Gasteiger partial charge in [-0.15, -0.1) is 0 Å². The van der Waals surface area contributed by atoms with Crippen LogP contribution in [0.5, 0.6) is 0 Å². The van der Waals surface area contributed by atoms with Crippen LogP contribution in [-0.2, 0) is 6.54 Å². The molecule has 0 radical (unpaired) electrons. The molecule has 0 saturated carbocycles. The van der Waals surface area contributed by atoms with Crippen molar-refractivity contribution >= 4 is 5.91 Å². The van der Waals surface area contributed by atoms with E-state index in [1.165, 1.54) is 5.56 Å². The van der Waals surface area contributed by atoms with Crippen molar-refractivity contribution in [2.45, 2.75) is 39.3 Å². The summed E-state index contributed by atoms with van der Waals surface area (Å²) in [5.41, 5.74) is 9.66. The van der Waals surface area contributed by atoms with Gasteiger partial charge in [-0.3, -0.25) is 4.79 Å². The number of amides is 1. The Morgan fingerprint density at radius 1 is 0.955 bits per heavy atom. The highest BCUT2D eigenvalue weighted by atomic mass is 16.1. The zero-order valence-corrected chi connectivity index (χ0v) is 13.5. The van der Waals surface area contributed by atoms with Crippen LogP contribution in [-0.4, -0.2) is 5.91 Å². The number of benzene rings is 2. The Morgan fingerprint density at radius 3 is 2.00 bits per heavy atom. The molecule has 0 saturated heterocycles. The number of hydrogen-bond acceptors (Lipinski definition) is 2. The van der Waals surface area contributed by atoms with E-state index in [0.29, 0.717) is 18.0 Å². The molecular weight excluding hydrogens is 272 g/mol. The van der Waals surface area contributed by atoms with E-state index in [1.807, 2.05) is 31.2 Å². The Kier molecular flexibility index (Phi) is 5.34. The molecule has 0 aromatic heterocycles. The molecular formula is C19H24N2O. The molecule has 1 atom stereocenters. The molecule has 22 heavy (non-hydrogen) atoms. The summed E-state index contributed by atoms with van der Waals surface area (Å²) in [6, 6.07) is 15.8. The van der Waals surface area contributed by atoms with Crippen molar-refractivity contribution in [3.8, 4) is 0 Å². The molecule has 0 heterocycles. The van der Waals surface area contributed by atoms with E-state index in [0.717, 1.165) is 11.1 Å². The van der Waals surface area contributed by atoms with E-state index in [2.05, 4.69) is 43.4 Å². The van der Waals surface area contributed by atoms with Crippen LogP contribution in [0.1, 0.15) is 59.8 Å². The fraction of sp³-hybridized carbons (Fsp3) is 0.316. The minimum Gasteiger partial charge on any atom is -0.346 e. The molecule has 2 aromatic rings. The number of carbonyl (C=O) groups is 1. The monoisotopic (exact) mass is 296 g/mol. The summed E-state index contributed by atoms with van der Waals surface area (Å²) in [6.45, 7) is 6.83. The van der Waals surface area contributed by atoms with Gasteiger partial charge < -0.3 is 11.1 Å². The second-order valence-electron chi connectivity index (χ2n) is 5.92. The maximum atomic E-state index is 12.3. The van der Waals surface area contributed by atoms with Crippen molar-refractivity contribution in [1.82, 2.24) is 5.32 Å². The maximum absolute atomic E-state index is 12.3. The maximum Gasteiger partial charge on any atom is 0.251 e. The lowest BCUT2D eigenvalue weighted by Gasteiger charge is -2.15. The molecule has 0 bridgehead atoms. The first kappa shape index (κ1) is 16.2. The normalized spacial score (nSPS) is 12.2. The van der Waals surface area contributed by atoms with Crippen molar-refractivity contribution in [2.75, 3.05) is 0 Å². The first-order valence-corrected chi connectivity index (χ1v) is 7.71. The largest absolute Gasteiger partial charge is 0.346 e. The van der Waals surface area contributed by atoms with Gasteiger partial charge in [0, 0.05) is 12.1 Å². The Labute approximate surface area is 132 Å². The topological polar surface area (TPSA) is 55.1 Å². The van der Waals surface area contributed by atoms with Crippen LogP contribution < -0.4 is 11.1 Å². The fourth-order valence-electron chi connectivity index (χ4n) is 2.33. The van der Waals surface area contributed by atoms with Crippen molar-refractivity contribution < 1.29 is 4.79 Å². The Bertz CT molecular complexity index is 615. The van der Waals surface area contributed by atoms with Gasteiger partial charge in [-0.2, -0.15) is 0 Å². The van der Waals surface area contributed by atoms with Crippen LogP contribution in [0, 0.1) is 0 Å². The molecule has 0 aliphatic rings. The minimum atomic E-state index is -0.0657. The molecule has 116 valence electrons. The standard InChI is InChI=1S/C19H24N2O/c1-13(2)16-8-10-17(11-9-16)14(3)21-19(22)18-6-4-15(12-20)5-7-18/h4-11,13-14H,12,20H2,1-3H3,(H,21,22). The number of rotatable bonds is 5. The van der Waals surface area contributed by atoms with Crippen molar-refractivity contribution in [1.29, 1.82) is 0 Å². The van der Waals surface area contributed by atoms with Gasteiger partial charge in [0.1, 0.15) is 0 Å². The average molecular weight is 296 g/mol. The lowest BCUT2D eigenvalue weighted by atomic mass is 9.99. The van der Waals surface area contributed by atoms with E-state index in [-0.39, 0.29) is 11.9 Å². The summed E-state index contributed by atoms with van der Waals surface area (Å²) in [5, 5.41) is 3.03.